The zero-order valence-corrected chi connectivity index (χ0v) is 11.8. The molecule has 2 nitrogen and oxygen atoms in total. The molecule has 0 fully saturated rings. The molecule has 2 aromatic carbocycles. The Labute approximate surface area is 131 Å². The van der Waals surface area contributed by atoms with E-state index in [-0.39, 0.29) is 6.07 Å². The number of hydrogen-bond acceptors (Lipinski definition) is 2. The molecule has 0 radical (unpaired) electrons. The number of hydrogen-bond donors (Lipinski definition) is 2. The van der Waals surface area contributed by atoms with Gasteiger partial charge in [-0.25, -0.2) is 4.39 Å². The largest absolute Gasteiger partial charge is 0.507 e. The highest BCUT2D eigenvalue weighted by Gasteiger charge is 2.38. The summed E-state index contributed by atoms with van der Waals surface area (Å²) in [6.45, 7) is -0.655. The molecule has 0 aliphatic rings. The Kier molecular flexibility index (Phi) is 4.49. The standard InChI is InChI=1S/C15H10F7NO/c16-13-8(6-23)4-7(5-10(13)15(20,21)22)12-9(14(17,18)19)2-1-3-11(12)24/h1-5,24H,6,23H2. The van der Waals surface area contributed by atoms with E-state index in [1.54, 1.807) is 0 Å². The molecule has 2 aromatic rings. The SMILES string of the molecule is NCc1cc(-c2c(O)cccc2C(F)(F)F)cc(C(F)(F)F)c1F. The van der Waals surface area contributed by atoms with Gasteiger partial charge in [0, 0.05) is 17.7 Å². The Morgan fingerprint density at radius 1 is 0.917 bits per heavy atom. The van der Waals surface area contributed by atoms with E-state index >= 15 is 0 Å². The zero-order valence-electron chi connectivity index (χ0n) is 11.8. The molecule has 2 rings (SSSR count). The minimum Gasteiger partial charge on any atom is -0.507 e. The van der Waals surface area contributed by atoms with Gasteiger partial charge in [0.05, 0.1) is 11.1 Å². The number of alkyl halides is 6. The average molecular weight is 353 g/mol. The lowest BCUT2D eigenvalue weighted by atomic mass is 9.94. The third kappa shape index (κ3) is 3.30. The molecule has 0 aliphatic heterocycles. The minimum absolute atomic E-state index is 0.221. The quantitative estimate of drug-likeness (QED) is 0.769. The van der Waals surface area contributed by atoms with Crippen LogP contribution in [0.4, 0.5) is 30.7 Å². The molecule has 0 saturated heterocycles. The Morgan fingerprint density at radius 2 is 1.50 bits per heavy atom. The Morgan fingerprint density at radius 3 is 2.00 bits per heavy atom. The fraction of sp³-hybridized carbons (Fsp3) is 0.200. The second-order valence-corrected chi connectivity index (χ2v) is 4.90. The third-order valence-electron chi connectivity index (χ3n) is 3.31. The van der Waals surface area contributed by atoms with Gasteiger partial charge < -0.3 is 10.8 Å². The van der Waals surface area contributed by atoms with Crippen LogP contribution in [0.2, 0.25) is 0 Å². The van der Waals surface area contributed by atoms with Gasteiger partial charge in [-0.05, 0) is 29.8 Å². The third-order valence-corrected chi connectivity index (χ3v) is 3.31. The highest BCUT2D eigenvalue weighted by atomic mass is 19.4. The van der Waals surface area contributed by atoms with Gasteiger partial charge in [0.2, 0.25) is 0 Å². The number of phenolic OH excluding ortho intramolecular Hbond substituents is 1. The summed E-state index contributed by atoms with van der Waals surface area (Å²) in [6, 6.07) is 3.38. The van der Waals surface area contributed by atoms with Crippen LogP contribution in [0.1, 0.15) is 16.7 Å². The van der Waals surface area contributed by atoms with Gasteiger partial charge in [0.1, 0.15) is 11.6 Å². The predicted molar refractivity (Wildman–Crippen MR) is 71.4 cm³/mol. The number of halogens is 7. The second-order valence-electron chi connectivity index (χ2n) is 4.90. The van der Waals surface area contributed by atoms with Crippen molar-refractivity contribution in [2.45, 2.75) is 18.9 Å². The van der Waals surface area contributed by atoms with Crippen LogP contribution in [0.5, 0.6) is 5.75 Å². The molecule has 0 amide bonds. The molecule has 0 saturated carbocycles. The van der Waals surface area contributed by atoms with E-state index in [2.05, 4.69) is 0 Å². The highest BCUT2D eigenvalue weighted by Crippen LogP contribution is 2.44. The van der Waals surface area contributed by atoms with Crippen molar-refractivity contribution in [1.29, 1.82) is 0 Å². The number of nitrogens with two attached hydrogens (primary N) is 1. The van der Waals surface area contributed by atoms with Gasteiger partial charge in [0.25, 0.3) is 0 Å². The highest BCUT2D eigenvalue weighted by molar-refractivity contribution is 5.75. The van der Waals surface area contributed by atoms with Gasteiger partial charge in [-0.2, -0.15) is 26.3 Å². The minimum atomic E-state index is -5.13. The Bertz CT molecular complexity index is 766. The van der Waals surface area contributed by atoms with Gasteiger partial charge in [0.15, 0.2) is 0 Å². The van der Waals surface area contributed by atoms with Crippen LogP contribution < -0.4 is 5.73 Å². The number of rotatable bonds is 2. The number of benzene rings is 2. The van der Waals surface area contributed by atoms with Crippen LogP contribution in [-0.2, 0) is 18.9 Å². The normalized spacial score (nSPS) is 12.5. The first-order valence-corrected chi connectivity index (χ1v) is 6.46. The van der Waals surface area contributed by atoms with E-state index < -0.39 is 58.3 Å². The van der Waals surface area contributed by atoms with Gasteiger partial charge in [-0.3, -0.25) is 0 Å². The first kappa shape index (κ1) is 18.1. The van der Waals surface area contributed by atoms with Crippen LogP contribution in [0, 0.1) is 5.82 Å². The summed E-state index contributed by atoms with van der Waals surface area (Å²) in [6.07, 6.45) is -10.1. The van der Waals surface area contributed by atoms with E-state index in [1.165, 1.54) is 0 Å². The maximum atomic E-state index is 13.8. The second kappa shape index (κ2) is 5.97. The molecule has 0 unspecified atom stereocenters. The molecule has 0 aromatic heterocycles. The van der Waals surface area contributed by atoms with Crippen LogP contribution >= 0.6 is 0 Å². The smallest absolute Gasteiger partial charge is 0.419 e. The molecule has 0 spiro atoms. The van der Waals surface area contributed by atoms with Gasteiger partial charge in [-0.15, -0.1) is 0 Å². The molecule has 130 valence electrons. The first-order chi connectivity index (χ1) is 11.0. The van der Waals surface area contributed by atoms with Crippen molar-refractivity contribution >= 4 is 0 Å². The molecule has 3 N–H and O–H groups in total. The topological polar surface area (TPSA) is 46.2 Å². The van der Waals surface area contributed by atoms with E-state index in [4.69, 9.17) is 5.73 Å². The van der Waals surface area contributed by atoms with Gasteiger partial charge >= 0.3 is 12.4 Å². The molecule has 0 heterocycles. The maximum Gasteiger partial charge on any atom is 0.419 e. The fourth-order valence-electron chi connectivity index (χ4n) is 2.26. The lowest BCUT2D eigenvalue weighted by Gasteiger charge is -2.18. The van der Waals surface area contributed by atoms with Crippen LogP contribution in [0.3, 0.4) is 0 Å². The van der Waals surface area contributed by atoms with E-state index in [0.717, 1.165) is 18.2 Å². The molecule has 9 heteroatoms. The fourth-order valence-corrected chi connectivity index (χ4v) is 2.26. The predicted octanol–water partition coefficient (Wildman–Crippen LogP) is 4.69. The molecule has 24 heavy (non-hydrogen) atoms. The zero-order chi connectivity index (χ0) is 18.3. The molecular weight excluding hydrogens is 343 g/mol. The first-order valence-electron chi connectivity index (χ1n) is 6.46. The van der Waals surface area contributed by atoms with Crippen molar-refractivity contribution in [2.75, 3.05) is 0 Å². The Balaban J connectivity index is 2.84. The summed E-state index contributed by atoms with van der Waals surface area (Å²) in [5.74, 6) is -2.54. The summed E-state index contributed by atoms with van der Waals surface area (Å²) in [5.41, 5.74) is -0.0305. The van der Waals surface area contributed by atoms with Gasteiger partial charge in [-0.1, -0.05) is 6.07 Å². The summed E-state index contributed by atoms with van der Waals surface area (Å²) < 4.78 is 91.8. The molecular formula is C15H10F7NO. The van der Waals surface area contributed by atoms with Crippen LogP contribution in [0.15, 0.2) is 30.3 Å². The van der Waals surface area contributed by atoms with Crippen molar-refractivity contribution in [1.82, 2.24) is 0 Å². The number of phenols is 1. The summed E-state index contributed by atoms with van der Waals surface area (Å²) in [7, 11) is 0. The molecule has 0 atom stereocenters. The summed E-state index contributed by atoms with van der Waals surface area (Å²) in [4.78, 5) is 0. The van der Waals surface area contributed by atoms with E-state index in [9.17, 15) is 35.8 Å². The maximum absolute atomic E-state index is 13.8. The van der Waals surface area contributed by atoms with Crippen molar-refractivity contribution in [3.8, 4) is 16.9 Å². The monoisotopic (exact) mass is 353 g/mol. The van der Waals surface area contributed by atoms with Crippen molar-refractivity contribution in [3.05, 3.63) is 52.8 Å². The Hall–Kier alpha value is -2.29. The van der Waals surface area contributed by atoms with Crippen LogP contribution in [-0.4, -0.2) is 5.11 Å². The summed E-state index contributed by atoms with van der Waals surface area (Å²) >= 11 is 0. The van der Waals surface area contributed by atoms with Crippen LogP contribution in [0.25, 0.3) is 11.1 Å². The molecule has 0 aliphatic carbocycles. The lowest BCUT2D eigenvalue weighted by Crippen LogP contribution is -2.13. The lowest BCUT2D eigenvalue weighted by molar-refractivity contribution is -0.140. The van der Waals surface area contributed by atoms with E-state index in [0.29, 0.717) is 6.07 Å². The number of aromatic hydroxyl groups is 1. The van der Waals surface area contributed by atoms with Crippen molar-refractivity contribution in [2.24, 2.45) is 5.73 Å². The average Bonchev–Trinajstić information content (AvgIpc) is 2.45. The van der Waals surface area contributed by atoms with Crippen molar-refractivity contribution in [3.63, 3.8) is 0 Å². The molecule has 0 bridgehead atoms. The van der Waals surface area contributed by atoms with Crippen molar-refractivity contribution < 1.29 is 35.8 Å². The van der Waals surface area contributed by atoms with E-state index in [1.807, 2.05) is 0 Å². The summed E-state index contributed by atoms with van der Waals surface area (Å²) in [5, 5.41) is 9.73.